The molecule has 19 heavy (non-hydrogen) atoms. The second kappa shape index (κ2) is 4.86. The minimum absolute atomic E-state index is 0.0535. The molecule has 1 unspecified atom stereocenters. The molecule has 0 aliphatic rings. The third kappa shape index (κ3) is 2.90. The second-order valence-electron chi connectivity index (χ2n) is 3.71. The fourth-order valence-corrected chi connectivity index (χ4v) is 2.27. The summed E-state index contributed by atoms with van der Waals surface area (Å²) >= 11 is 0.334. The van der Waals surface area contributed by atoms with Crippen molar-refractivity contribution in [1.29, 1.82) is 0 Å². The van der Waals surface area contributed by atoms with Crippen LogP contribution >= 0.6 is 11.3 Å². The van der Waals surface area contributed by atoms with Crippen LogP contribution in [-0.4, -0.2) is 4.98 Å². The van der Waals surface area contributed by atoms with Crippen molar-refractivity contribution in [1.82, 2.24) is 4.98 Å². The average molecular weight is 294 g/mol. The van der Waals surface area contributed by atoms with E-state index in [0.717, 1.165) is 18.3 Å². The Morgan fingerprint density at radius 1 is 1.21 bits per heavy atom. The van der Waals surface area contributed by atoms with Crippen molar-refractivity contribution >= 4 is 11.3 Å². The summed E-state index contributed by atoms with van der Waals surface area (Å²) in [5, 5.41) is -1.06. The van der Waals surface area contributed by atoms with Crippen molar-refractivity contribution in [2.45, 2.75) is 12.2 Å². The highest BCUT2D eigenvalue weighted by atomic mass is 32.1. The van der Waals surface area contributed by atoms with Gasteiger partial charge in [-0.25, -0.2) is 13.8 Å². The molecule has 2 nitrogen and oxygen atoms in total. The standard InChI is InChI=1S/C11H7F5N2S/c12-5-1-2-6(7(13)3-5)9(17)8-4-18-10(19-8)11(14,15)16/h1-4,9H,17H2. The molecule has 2 rings (SSSR count). The van der Waals surface area contributed by atoms with Gasteiger partial charge in [-0.1, -0.05) is 6.07 Å². The van der Waals surface area contributed by atoms with Crippen LogP contribution in [-0.2, 0) is 6.18 Å². The number of nitrogens with zero attached hydrogens (tertiary/aromatic N) is 1. The third-order valence-electron chi connectivity index (χ3n) is 2.37. The van der Waals surface area contributed by atoms with E-state index in [9.17, 15) is 22.0 Å². The van der Waals surface area contributed by atoms with Crippen LogP contribution in [0.1, 0.15) is 21.5 Å². The maximum absolute atomic E-state index is 13.5. The van der Waals surface area contributed by atoms with Gasteiger partial charge in [-0.05, 0) is 6.07 Å². The number of alkyl halides is 3. The Hall–Kier alpha value is -1.54. The van der Waals surface area contributed by atoms with Gasteiger partial charge in [-0.2, -0.15) is 13.2 Å². The molecule has 8 heteroatoms. The molecular formula is C11H7F5N2S. The summed E-state index contributed by atoms with van der Waals surface area (Å²) in [6, 6.07) is 1.60. The normalized spacial score (nSPS) is 13.6. The molecule has 102 valence electrons. The maximum Gasteiger partial charge on any atom is 0.443 e. The van der Waals surface area contributed by atoms with Gasteiger partial charge in [0.2, 0.25) is 0 Å². The Labute approximate surface area is 108 Å². The number of thiazole rings is 1. The highest BCUT2D eigenvalue weighted by molar-refractivity contribution is 7.11. The van der Waals surface area contributed by atoms with Crippen LogP contribution in [0.5, 0.6) is 0 Å². The van der Waals surface area contributed by atoms with Crippen LogP contribution in [0.25, 0.3) is 0 Å². The van der Waals surface area contributed by atoms with E-state index in [2.05, 4.69) is 4.98 Å². The lowest BCUT2D eigenvalue weighted by atomic mass is 10.1. The zero-order chi connectivity index (χ0) is 14.2. The van der Waals surface area contributed by atoms with E-state index >= 15 is 0 Å². The van der Waals surface area contributed by atoms with Crippen molar-refractivity contribution in [3.63, 3.8) is 0 Å². The van der Waals surface area contributed by atoms with Crippen molar-refractivity contribution in [2.24, 2.45) is 5.73 Å². The first-order valence-electron chi connectivity index (χ1n) is 5.02. The fraction of sp³-hybridized carbons (Fsp3) is 0.182. The van der Waals surface area contributed by atoms with E-state index in [1.165, 1.54) is 0 Å². The van der Waals surface area contributed by atoms with E-state index < -0.39 is 28.9 Å². The molecule has 2 aromatic rings. The summed E-state index contributed by atoms with van der Waals surface area (Å²) in [5.74, 6) is -1.69. The van der Waals surface area contributed by atoms with Crippen LogP contribution in [0.2, 0.25) is 0 Å². The predicted octanol–water partition coefficient (Wildman–Crippen LogP) is 3.49. The number of halogens is 5. The SMILES string of the molecule is NC(c1cnc(C(F)(F)F)s1)c1ccc(F)cc1F. The smallest absolute Gasteiger partial charge is 0.319 e. The lowest BCUT2D eigenvalue weighted by Crippen LogP contribution is -2.12. The zero-order valence-electron chi connectivity index (χ0n) is 9.21. The van der Waals surface area contributed by atoms with Crippen LogP contribution in [0.3, 0.4) is 0 Å². The van der Waals surface area contributed by atoms with E-state index in [4.69, 9.17) is 5.73 Å². The van der Waals surface area contributed by atoms with Gasteiger partial charge in [0.1, 0.15) is 11.6 Å². The molecular weight excluding hydrogens is 287 g/mol. The Bertz CT molecular complexity index is 593. The van der Waals surface area contributed by atoms with Crippen molar-refractivity contribution < 1.29 is 22.0 Å². The molecule has 0 aliphatic carbocycles. The van der Waals surface area contributed by atoms with Gasteiger partial charge in [0.25, 0.3) is 0 Å². The maximum atomic E-state index is 13.5. The summed E-state index contributed by atoms with van der Waals surface area (Å²) < 4.78 is 63.4. The lowest BCUT2D eigenvalue weighted by molar-refractivity contribution is -0.137. The molecule has 2 N–H and O–H groups in total. The summed E-state index contributed by atoms with van der Waals surface area (Å²) in [6.07, 6.45) is -3.62. The van der Waals surface area contributed by atoms with Crippen LogP contribution in [0.15, 0.2) is 24.4 Å². The summed E-state index contributed by atoms with van der Waals surface area (Å²) in [5.41, 5.74) is 5.58. The predicted molar refractivity (Wildman–Crippen MR) is 59.5 cm³/mol. The molecule has 0 fully saturated rings. The quantitative estimate of drug-likeness (QED) is 0.861. The number of aromatic nitrogens is 1. The van der Waals surface area contributed by atoms with Crippen LogP contribution in [0.4, 0.5) is 22.0 Å². The van der Waals surface area contributed by atoms with Gasteiger partial charge >= 0.3 is 6.18 Å². The second-order valence-corrected chi connectivity index (χ2v) is 4.77. The first-order valence-corrected chi connectivity index (χ1v) is 5.84. The van der Waals surface area contributed by atoms with E-state index in [-0.39, 0.29) is 10.4 Å². The number of nitrogens with two attached hydrogens (primary N) is 1. The minimum Gasteiger partial charge on any atom is -0.319 e. The summed E-state index contributed by atoms with van der Waals surface area (Å²) in [7, 11) is 0. The topological polar surface area (TPSA) is 38.9 Å². The van der Waals surface area contributed by atoms with Crippen molar-refractivity contribution in [3.05, 3.63) is 51.5 Å². The fourth-order valence-electron chi connectivity index (χ4n) is 1.47. The molecule has 0 saturated heterocycles. The highest BCUT2D eigenvalue weighted by Crippen LogP contribution is 2.35. The minimum atomic E-state index is -4.57. The Morgan fingerprint density at radius 2 is 1.89 bits per heavy atom. The Kier molecular flexibility index (Phi) is 3.55. The molecule has 0 radical (unpaired) electrons. The largest absolute Gasteiger partial charge is 0.443 e. The molecule has 0 aliphatic heterocycles. The van der Waals surface area contributed by atoms with Gasteiger partial charge in [0.05, 0.1) is 6.04 Å². The number of hydrogen-bond donors (Lipinski definition) is 1. The van der Waals surface area contributed by atoms with E-state index in [1.54, 1.807) is 0 Å². The van der Waals surface area contributed by atoms with Gasteiger partial charge in [0, 0.05) is 22.7 Å². The Morgan fingerprint density at radius 3 is 2.42 bits per heavy atom. The summed E-state index contributed by atoms with van der Waals surface area (Å²) in [4.78, 5) is 3.25. The zero-order valence-corrected chi connectivity index (χ0v) is 10.0. The molecule has 1 aromatic heterocycles. The number of benzene rings is 1. The molecule has 1 atom stereocenters. The number of rotatable bonds is 2. The van der Waals surface area contributed by atoms with E-state index in [1.807, 2.05) is 0 Å². The number of hydrogen-bond acceptors (Lipinski definition) is 3. The molecule has 0 amide bonds. The molecule has 0 spiro atoms. The molecule has 1 heterocycles. The first-order chi connectivity index (χ1) is 8.79. The van der Waals surface area contributed by atoms with E-state index in [0.29, 0.717) is 17.4 Å². The highest BCUT2D eigenvalue weighted by Gasteiger charge is 2.35. The van der Waals surface area contributed by atoms with Crippen LogP contribution < -0.4 is 5.73 Å². The lowest BCUT2D eigenvalue weighted by Gasteiger charge is -2.10. The van der Waals surface area contributed by atoms with Gasteiger partial charge in [-0.15, -0.1) is 11.3 Å². The van der Waals surface area contributed by atoms with Gasteiger partial charge in [0.15, 0.2) is 5.01 Å². The van der Waals surface area contributed by atoms with Crippen molar-refractivity contribution in [3.8, 4) is 0 Å². The monoisotopic (exact) mass is 294 g/mol. The molecule has 0 bridgehead atoms. The van der Waals surface area contributed by atoms with Crippen molar-refractivity contribution in [2.75, 3.05) is 0 Å². The van der Waals surface area contributed by atoms with Gasteiger partial charge in [-0.3, -0.25) is 0 Å². The third-order valence-corrected chi connectivity index (χ3v) is 3.50. The molecule has 1 aromatic carbocycles. The summed E-state index contributed by atoms with van der Waals surface area (Å²) in [6.45, 7) is 0. The van der Waals surface area contributed by atoms with Gasteiger partial charge < -0.3 is 5.73 Å². The first kappa shape index (κ1) is 13.9. The Balaban J connectivity index is 2.34. The van der Waals surface area contributed by atoms with Crippen LogP contribution in [0, 0.1) is 11.6 Å². The molecule has 0 saturated carbocycles. The average Bonchev–Trinajstić information content (AvgIpc) is 2.76.